The van der Waals surface area contributed by atoms with Gasteiger partial charge in [0.2, 0.25) is 0 Å². The van der Waals surface area contributed by atoms with Gasteiger partial charge >= 0.3 is 12.1 Å². The summed E-state index contributed by atoms with van der Waals surface area (Å²) in [5.41, 5.74) is 0. The van der Waals surface area contributed by atoms with E-state index < -0.39 is 18.1 Å². The lowest BCUT2D eigenvalue weighted by atomic mass is 10.3. The summed E-state index contributed by atoms with van der Waals surface area (Å²) >= 11 is 3.25. The number of nitrogens with one attached hydrogen (secondary N) is 1. The predicted molar refractivity (Wildman–Crippen MR) is 64.8 cm³/mol. The highest BCUT2D eigenvalue weighted by atomic mass is 79.9. The Morgan fingerprint density at radius 3 is 2.59 bits per heavy atom. The summed E-state index contributed by atoms with van der Waals surface area (Å²) in [5, 5.41) is 2.32. The number of esters is 1. The maximum Gasteiger partial charge on any atom is 0.407 e. The van der Waals surface area contributed by atoms with Gasteiger partial charge in [-0.25, -0.2) is 9.59 Å². The van der Waals surface area contributed by atoms with Crippen molar-refractivity contribution in [1.82, 2.24) is 5.32 Å². The molecule has 1 atom stereocenters. The Labute approximate surface area is 107 Å². The Morgan fingerprint density at radius 1 is 1.35 bits per heavy atom. The smallest absolute Gasteiger partial charge is 0.407 e. The van der Waals surface area contributed by atoms with Crippen LogP contribution in [0.1, 0.15) is 6.92 Å². The molecule has 0 bridgehead atoms. The molecule has 0 saturated carbocycles. The molecule has 0 saturated heterocycles. The van der Waals surface area contributed by atoms with E-state index in [1.165, 1.54) is 14.0 Å². The van der Waals surface area contributed by atoms with Crippen molar-refractivity contribution in [1.29, 1.82) is 0 Å². The van der Waals surface area contributed by atoms with Gasteiger partial charge < -0.3 is 14.8 Å². The van der Waals surface area contributed by atoms with Crippen LogP contribution in [0.2, 0.25) is 0 Å². The van der Waals surface area contributed by atoms with Crippen molar-refractivity contribution in [3.05, 3.63) is 28.7 Å². The molecular weight excluding hydrogens is 290 g/mol. The third kappa shape index (κ3) is 4.07. The highest BCUT2D eigenvalue weighted by molar-refractivity contribution is 9.10. The standard InChI is InChI=1S/C11H12BrNO4/c1-7(13-11(15)16-2)10(14)17-9-6-4-3-5-8(9)12/h3-7H,1-2H3,(H,13,15)/t7-/m0/s1. The minimum absolute atomic E-state index is 0.399. The number of rotatable bonds is 3. The van der Waals surface area contributed by atoms with E-state index in [0.29, 0.717) is 10.2 Å². The zero-order chi connectivity index (χ0) is 12.8. The molecule has 0 aliphatic heterocycles. The van der Waals surface area contributed by atoms with Gasteiger partial charge in [-0.1, -0.05) is 12.1 Å². The van der Waals surface area contributed by atoms with E-state index in [4.69, 9.17) is 4.74 Å². The van der Waals surface area contributed by atoms with Crippen molar-refractivity contribution in [2.24, 2.45) is 0 Å². The number of ether oxygens (including phenoxy) is 2. The molecule has 1 aromatic carbocycles. The average Bonchev–Trinajstić information content (AvgIpc) is 2.31. The molecule has 5 nitrogen and oxygen atoms in total. The van der Waals surface area contributed by atoms with Crippen molar-refractivity contribution in [3.8, 4) is 5.75 Å². The Morgan fingerprint density at radius 2 is 2.00 bits per heavy atom. The summed E-state index contributed by atoms with van der Waals surface area (Å²) in [6.07, 6.45) is -0.679. The van der Waals surface area contributed by atoms with E-state index in [1.54, 1.807) is 24.3 Å². The molecule has 1 rings (SSSR count). The number of hydrogen-bond donors (Lipinski definition) is 1. The monoisotopic (exact) mass is 301 g/mol. The second-order valence-corrected chi connectivity index (χ2v) is 4.06. The number of para-hydroxylation sites is 1. The number of hydrogen-bond acceptors (Lipinski definition) is 4. The van der Waals surface area contributed by atoms with E-state index in [1.807, 2.05) is 0 Å². The van der Waals surface area contributed by atoms with Crippen LogP contribution in [0, 0.1) is 0 Å². The third-order valence-corrected chi connectivity index (χ3v) is 2.58. The van der Waals surface area contributed by atoms with Crippen LogP contribution in [-0.2, 0) is 9.53 Å². The lowest BCUT2D eigenvalue weighted by Crippen LogP contribution is -2.40. The fourth-order valence-electron chi connectivity index (χ4n) is 1.02. The zero-order valence-electron chi connectivity index (χ0n) is 9.40. The number of benzene rings is 1. The number of alkyl carbamates (subject to hydrolysis) is 1. The van der Waals surface area contributed by atoms with Crippen molar-refractivity contribution in [2.45, 2.75) is 13.0 Å². The second kappa shape index (κ2) is 6.24. The Balaban J connectivity index is 2.60. The Kier molecular flexibility index (Phi) is 4.96. The van der Waals surface area contributed by atoms with Gasteiger partial charge in [0.05, 0.1) is 11.6 Å². The number of methoxy groups -OCH3 is 1. The van der Waals surface area contributed by atoms with Crippen molar-refractivity contribution in [3.63, 3.8) is 0 Å². The first-order valence-corrected chi connectivity index (χ1v) is 5.64. The summed E-state index contributed by atoms with van der Waals surface area (Å²) in [5.74, 6) is -0.168. The summed E-state index contributed by atoms with van der Waals surface area (Å²) < 4.78 is 10.1. The van der Waals surface area contributed by atoms with E-state index >= 15 is 0 Å². The number of amides is 1. The first kappa shape index (κ1) is 13.5. The number of carbonyl (C=O) groups excluding carboxylic acids is 2. The van der Waals surface area contributed by atoms with Crippen LogP contribution in [0.25, 0.3) is 0 Å². The molecule has 92 valence electrons. The Bertz CT molecular complexity index is 422. The van der Waals surface area contributed by atoms with Crippen LogP contribution in [0.4, 0.5) is 4.79 Å². The summed E-state index contributed by atoms with van der Waals surface area (Å²) in [4.78, 5) is 22.5. The second-order valence-electron chi connectivity index (χ2n) is 3.21. The van der Waals surface area contributed by atoms with Crippen molar-refractivity contribution in [2.75, 3.05) is 7.11 Å². The fraction of sp³-hybridized carbons (Fsp3) is 0.273. The van der Waals surface area contributed by atoms with Gasteiger partial charge in [0.15, 0.2) is 0 Å². The largest absolute Gasteiger partial charge is 0.453 e. The van der Waals surface area contributed by atoms with E-state index in [-0.39, 0.29) is 0 Å². The molecule has 0 heterocycles. The molecule has 1 N–H and O–H groups in total. The minimum Gasteiger partial charge on any atom is -0.453 e. The molecule has 1 amide bonds. The summed E-state index contributed by atoms with van der Waals surface area (Å²) in [7, 11) is 1.22. The minimum atomic E-state index is -0.783. The normalized spacial score (nSPS) is 11.5. The highest BCUT2D eigenvalue weighted by Gasteiger charge is 2.18. The SMILES string of the molecule is COC(=O)N[C@@H](C)C(=O)Oc1ccccc1Br. The van der Waals surface area contributed by atoms with Crippen LogP contribution >= 0.6 is 15.9 Å². The average molecular weight is 302 g/mol. The lowest BCUT2D eigenvalue weighted by Gasteiger charge is -2.12. The molecule has 0 unspecified atom stereocenters. The van der Waals surface area contributed by atoms with Gasteiger partial charge in [0, 0.05) is 0 Å². The molecule has 1 aromatic rings. The molecule has 0 aromatic heterocycles. The van der Waals surface area contributed by atoms with Crippen LogP contribution in [0.5, 0.6) is 5.75 Å². The maximum atomic E-state index is 11.6. The molecular formula is C11H12BrNO4. The summed E-state index contributed by atoms with van der Waals surface area (Å²) in [6.45, 7) is 1.51. The van der Waals surface area contributed by atoms with Crippen LogP contribution < -0.4 is 10.1 Å². The maximum absolute atomic E-state index is 11.6. The lowest BCUT2D eigenvalue weighted by molar-refractivity contribution is -0.136. The van der Waals surface area contributed by atoms with Crippen molar-refractivity contribution >= 4 is 28.0 Å². The Hall–Kier alpha value is -1.56. The molecule has 0 radical (unpaired) electrons. The molecule has 17 heavy (non-hydrogen) atoms. The van der Waals surface area contributed by atoms with Crippen LogP contribution in [0.15, 0.2) is 28.7 Å². The number of carbonyl (C=O) groups is 2. The quantitative estimate of drug-likeness (QED) is 0.686. The van der Waals surface area contributed by atoms with Crippen LogP contribution in [-0.4, -0.2) is 25.2 Å². The van der Waals surface area contributed by atoms with Gasteiger partial charge in [-0.2, -0.15) is 0 Å². The number of halogens is 1. The van der Waals surface area contributed by atoms with Gasteiger partial charge in [0.25, 0.3) is 0 Å². The fourth-order valence-corrected chi connectivity index (χ4v) is 1.38. The highest BCUT2D eigenvalue weighted by Crippen LogP contribution is 2.24. The molecule has 0 spiro atoms. The first-order valence-electron chi connectivity index (χ1n) is 4.85. The molecule has 0 aliphatic carbocycles. The van der Waals surface area contributed by atoms with E-state index in [2.05, 4.69) is 26.0 Å². The van der Waals surface area contributed by atoms with Gasteiger partial charge in [0.1, 0.15) is 11.8 Å². The molecule has 0 aliphatic rings. The third-order valence-electron chi connectivity index (χ3n) is 1.92. The van der Waals surface area contributed by atoms with E-state index in [9.17, 15) is 9.59 Å². The van der Waals surface area contributed by atoms with Crippen molar-refractivity contribution < 1.29 is 19.1 Å². The zero-order valence-corrected chi connectivity index (χ0v) is 11.0. The van der Waals surface area contributed by atoms with Gasteiger partial charge in [-0.05, 0) is 35.0 Å². The summed E-state index contributed by atoms with van der Waals surface area (Å²) in [6, 6.07) is 6.16. The van der Waals surface area contributed by atoms with E-state index in [0.717, 1.165) is 0 Å². The van der Waals surface area contributed by atoms with Crippen LogP contribution in [0.3, 0.4) is 0 Å². The van der Waals surface area contributed by atoms with Gasteiger partial charge in [-0.3, -0.25) is 0 Å². The topological polar surface area (TPSA) is 64.6 Å². The predicted octanol–water partition coefficient (Wildman–Crippen LogP) is 2.10. The first-order chi connectivity index (χ1) is 8.04. The molecule has 0 fully saturated rings. The molecule has 6 heteroatoms. The van der Waals surface area contributed by atoms with Gasteiger partial charge in [-0.15, -0.1) is 0 Å².